The molecule has 3 heterocycles. The van der Waals surface area contributed by atoms with Gasteiger partial charge in [0, 0.05) is 32.4 Å². The van der Waals surface area contributed by atoms with E-state index in [2.05, 4.69) is 35.3 Å². The molecule has 0 aliphatic carbocycles. The van der Waals surface area contributed by atoms with Gasteiger partial charge in [0.1, 0.15) is 11.6 Å². The van der Waals surface area contributed by atoms with Crippen molar-refractivity contribution in [2.24, 2.45) is 0 Å². The minimum Gasteiger partial charge on any atom is -0.489 e. The monoisotopic (exact) mass is 391 g/mol. The van der Waals surface area contributed by atoms with Gasteiger partial charge in [-0.15, -0.1) is 5.10 Å². The number of hydrogen-bond donors (Lipinski definition) is 1. The number of para-hydroxylation sites is 2. The minimum absolute atomic E-state index is 0.0902. The summed E-state index contributed by atoms with van der Waals surface area (Å²) in [4.78, 5) is 13.5. The fourth-order valence-electron chi connectivity index (χ4n) is 3.23. The van der Waals surface area contributed by atoms with Gasteiger partial charge in [-0.2, -0.15) is 10.1 Å². The van der Waals surface area contributed by atoms with Gasteiger partial charge < -0.3 is 19.9 Å². The first kappa shape index (κ1) is 18.9. The summed E-state index contributed by atoms with van der Waals surface area (Å²) < 4.78 is 5.87. The van der Waals surface area contributed by atoms with E-state index in [0.717, 1.165) is 43.4 Å². The molecule has 0 amide bonds. The van der Waals surface area contributed by atoms with Gasteiger partial charge in [-0.3, -0.25) is 0 Å². The van der Waals surface area contributed by atoms with E-state index in [4.69, 9.17) is 4.74 Å². The van der Waals surface area contributed by atoms with Crippen molar-refractivity contribution >= 4 is 23.3 Å². The lowest BCUT2D eigenvalue weighted by atomic mass is 10.3. The van der Waals surface area contributed by atoms with Gasteiger partial charge >= 0.3 is 0 Å². The van der Waals surface area contributed by atoms with Crippen molar-refractivity contribution in [3.63, 3.8) is 0 Å². The number of ether oxygens (including phenoxy) is 1. The Balaban J connectivity index is 1.44. The van der Waals surface area contributed by atoms with Gasteiger partial charge in [0.25, 0.3) is 0 Å². The number of nitrogens with zero attached hydrogens (tertiary/aromatic N) is 6. The molecular weight excluding hydrogens is 366 g/mol. The van der Waals surface area contributed by atoms with Crippen LogP contribution in [0.25, 0.3) is 0 Å². The number of pyridine rings is 1. The normalized spacial score (nSPS) is 14.2. The molecule has 2 aromatic heterocycles. The van der Waals surface area contributed by atoms with Gasteiger partial charge in [0.05, 0.1) is 18.0 Å². The van der Waals surface area contributed by atoms with Crippen LogP contribution >= 0.6 is 0 Å². The Labute approximate surface area is 170 Å². The molecule has 0 bridgehead atoms. The Morgan fingerprint density at radius 2 is 1.72 bits per heavy atom. The van der Waals surface area contributed by atoms with E-state index in [1.165, 1.54) is 0 Å². The van der Waals surface area contributed by atoms with Crippen molar-refractivity contribution < 1.29 is 4.74 Å². The summed E-state index contributed by atoms with van der Waals surface area (Å²) in [5, 5.41) is 11.7. The number of rotatable bonds is 6. The van der Waals surface area contributed by atoms with Crippen molar-refractivity contribution in [2.45, 2.75) is 20.0 Å². The molecule has 8 heteroatoms. The first-order chi connectivity index (χ1) is 14.2. The third kappa shape index (κ3) is 4.71. The van der Waals surface area contributed by atoms with Crippen LogP contribution in [0, 0.1) is 0 Å². The Morgan fingerprint density at radius 1 is 0.966 bits per heavy atom. The van der Waals surface area contributed by atoms with E-state index in [1.807, 2.05) is 62.5 Å². The van der Waals surface area contributed by atoms with Gasteiger partial charge in [-0.05, 0) is 38.1 Å². The van der Waals surface area contributed by atoms with Crippen LogP contribution in [0.5, 0.6) is 5.75 Å². The molecule has 0 radical (unpaired) electrons. The van der Waals surface area contributed by atoms with Gasteiger partial charge in [-0.25, -0.2) is 4.98 Å². The molecule has 1 N–H and O–H groups in total. The highest BCUT2D eigenvalue weighted by molar-refractivity contribution is 5.64. The Morgan fingerprint density at radius 3 is 2.48 bits per heavy atom. The van der Waals surface area contributed by atoms with Crippen molar-refractivity contribution in [3.05, 3.63) is 54.9 Å². The smallest absolute Gasteiger partial charge is 0.247 e. The van der Waals surface area contributed by atoms with Crippen LogP contribution in [-0.4, -0.2) is 52.4 Å². The predicted octanol–water partition coefficient (Wildman–Crippen LogP) is 3.12. The molecular formula is C21H25N7O. The summed E-state index contributed by atoms with van der Waals surface area (Å²) in [6.07, 6.45) is 3.54. The van der Waals surface area contributed by atoms with Gasteiger partial charge in [-0.1, -0.05) is 18.2 Å². The summed E-state index contributed by atoms with van der Waals surface area (Å²) in [5.74, 6) is 3.05. The topological polar surface area (TPSA) is 79.3 Å². The summed E-state index contributed by atoms with van der Waals surface area (Å²) in [6, 6.07) is 13.8. The zero-order chi connectivity index (χ0) is 20.1. The average molecular weight is 391 g/mol. The lowest BCUT2D eigenvalue weighted by Crippen LogP contribution is -2.47. The Hall–Kier alpha value is -3.42. The van der Waals surface area contributed by atoms with Crippen LogP contribution in [-0.2, 0) is 0 Å². The molecule has 1 fully saturated rings. The zero-order valence-corrected chi connectivity index (χ0v) is 16.7. The molecule has 29 heavy (non-hydrogen) atoms. The van der Waals surface area contributed by atoms with E-state index < -0.39 is 0 Å². The van der Waals surface area contributed by atoms with Crippen LogP contribution < -0.4 is 19.9 Å². The molecule has 0 saturated carbocycles. The van der Waals surface area contributed by atoms with E-state index in [0.29, 0.717) is 11.8 Å². The van der Waals surface area contributed by atoms with Crippen LogP contribution in [0.2, 0.25) is 0 Å². The quantitative estimate of drug-likeness (QED) is 0.687. The number of aromatic nitrogens is 4. The van der Waals surface area contributed by atoms with Crippen LogP contribution in [0.15, 0.2) is 54.9 Å². The highest BCUT2D eigenvalue weighted by Crippen LogP contribution is 2.27. The average Bonchev–Trinajstić information content (AvgIpc) is 2.76. The van der Waals surface area contributed by atoms with Crippen molar-refractivity contribution in [1.29, 1.82) is 0 Å². The molecule has 0 unspecified atom stereocenters. The maximum absolute atomic E-state index is 5.87. The minimum atomic E-state index is 0.0902. The second-order valence-corrected chi connectivity index (χ2v) is 7.09. The highest BCUT2D eigenvalue weighted by Gasteiger charge is 2.20. The summed E-state index contributed by atoms with van der Waals surface area (Å²) in [7, 11) is 0. The predicted molar refractivity (Wildman–Crippen MR) is 114 cm³/mol. The Bertz CT molecular complexity index is 927. The molecule has 3 aromatic rings. The van der Waals surface area contributed by atoms with Crippen LogP contribution in [0.3, 0.4) is 0 Å². The zero-order valence-electron chi connectivity index (χ0n) is 16.7. The van der Waals surface area contributed by atoms with E-state index in [9.17, 15) is 0 Å². The largest absolute Gasteiger partial charge is 0.489 e. The maximum atomic E-state index is 5.87. The first-order valence-corrected chi connectivity index (χ1v) is 9.82. The Kier molecular flexibility index (Phi) is 5.69. The molecule has 0 spiro atoms. The molecule has 1 aromatic carbocycles. The lowest BCUT2D eigenvalue weighted by molar-refractivity contribution is 0.244. The molecule has 4 rings (SSSR count). The summed E-state index contributed by atoms with van der Waals surface area (Å²) in [6.45, 7) is 7.37. The molecule has 8 nitrogen and oxygen atoms in total. The summed E-state index contributed by atoms with van der Waals surface area (Å²) in [5.41, 5.74) is 0.854. The number of nitrogens with one attached hydrogen (secondary N) is 1. The third-order valence-electron chi connectivity index (χ3n) is 4.60. The van der Waals surface area contributed by atoms with Gasteiger partial charge in [0.15, 0.2) is 5.82 Å². The van der Waals surface area contributed by atoms with E-state index in [1.54, 1.807) is 6.20 Å². The lowest BCUT2D eigenvalue weighted by Gasteiger charge is -2.35. The van der Waals surface area contributed by atoms with Gasteiger partial charge in [0.2, 0.25) is 5.95 Å². The second-order valence-electron chi connectivity index (χ2n) is 7.09. The molecule has 1 saturated heterocycles. The SMILES string of the molecule is CC(C)Oc1ccccc1Nc1cnnc(N2CCN(c3ccccn3)CC2)n1. The first-order valence-electron chi connectivity index (χ1n) is 9.82. The van der Waals surface area contributed by atoms with Crippen molar-refractivity contribution in [3.8, 4) is 5.75 Å². The number of benzene rings is 1. The number of hydrogen-bond acceptors (Lipinski definition) is 8. The molecule has 1 aliphatic rings. The standard InChI is InChI=1S/C21H25N7O/c1-16(2)29-18-8-4-3-7-17(18)24-19-15-23-26-21(25-19)28-13-11-27(12-14-28)20-9-5-6-10-22-20/h3-10,15-16H,11-14H2,1-2H3,(H,24,25,26). The second kappa shape index (κ2) is 8.72. The number of anilines is 4. The number of piperazine rings is 1. The van der Waals surface area contributed by atoms with Crippen LogP contribution in [0.4, 0.5) is 23.3 Å². The highest BCUT2D eigenvalue weighted by atomic mass is 16.5. The molecule has 0 atom stereocenters. The van der Waals surface area contributed by atoms with Crippen molar-refractivity contribution in [1.82, 2.24) is 20.2 Å². The fourth-order valence-corrected chi connectivity index (χ4v) is 3.23. The fraction of sp³-hybridized carbons (Fsp3) is 0.333. The maximum Gasteiger partial charge on any atom is 0.247 e. The van der Waals surface area contributed by atoms with Crippen LogP contribution in [0.1, 0.15) is 13.8 Å². The van der Waals surface area contributed by atoms with E-state index >= 15 is 0 Å². The molecule has 1 aliphatic heterocycles. The van der Waals surface area contributed by atoms with Crippen molar-refractivity contribution in [2.75, 3.05) is 41.3 Å². The summed E-state index contributed by atoms with van der Waals surface area (Å²) >= 11 is 0. The molecule has 150 valence electrons. The van der Waals surface area contributed by atoms with E-state index in [-0.39, 0.29) is 6.10 Å². The third-order valence-corrected chi connectivity index (χ3v) is 4.60.